The molecule has 5 heteroatoms. The first-order valence-corrected chi connectivity index (χ1v) is 7.52. The van der Waals surface area contributed by atoms with E-state index in [9.17, 15) is 4.39 Å². The van der Waals surface area contributed by atoms with Crippen LogP contribution in [-0.2, 0) is 19.9 Å². The SMILES string of the molecule is CCc1nn(C)c(CC(CN)c2ccccc2F)c1Br. The van der Waals surface area contributed by atoms with Gasteiger partial charge in [-0.1, -0.05) is 25.1 Å². The van der Waals surface area contributed by atoms with Crippen molar-refractivity contribution in [3.05, 3.63) is 51.5 Å². The number of nitrogens with zero attached hydrogens (tertiary/aromatic N) is 2. The van der Waals surface area contributed by atoms with Crippen LogP contribution in [0.3, 0.4) is 0 Å². The van der Waals surface area contributed by atoms with Crippen LogP contribution in [0.15, 0.2) is 28.7 Å². The fourth-order valence-electron chi connectivity index (χ4n) is 2.40. The molecule has 108 valence electrons. The molecular weight excluding hydrogens is 321 g/mol. The number of nitrogens with two attached hydrogens (primary N) is 1. The van der Waals surface area contributed by atoms with Gasteiger partial charge in [0.1, 0.15) is 5.82 Å². The first-order valence-electron chi connectivity index (χ1n) is 6.73. The molecule has 0 saturated carbocycles. The maximum atomic E-state index is 13.9. The van der Waals surface area contributed by atoms with Crippen LogP contribution in [0.25, 0.3) is 0 Å². The van der Waals surface area contributed by atoms with Crippen molar-refractivity contribution in [2.75, 3.05) is 6.54 Å². The van der Waals surface area contributed by atoms with E-state index in [4.69, 9.17) is 5.73 Å². The second kappa shape index (κ2) is 6.50. The summed E-state index contributed by atoms with van der Waals surface area (Å²) < 4.78 is 16.8. The molecule has 1 atom stereocenters. The predicted octanol–water partition coefficient (Wildman–Crippen LogP) is 3.17. The van der Waals surface area contributed by atoms with E-state index in [1.807, 2.05) is 17.8 Å². The molecule has 0 radical (unpaired) electrons. The molecule has 2 aromatic rings. The van der Waals surface area contributed by atoms with E-state index in [1.165, 1.54) is 6.07 Å². The molecule has 0 amide bonds. The van der Waals surface area contributed by atoms with Crippen LogP contribution in [0.5, 0.6) is 0 Å². The largest absolute Gasteiger partial charge is 0.330 e. The summed E-state index contributed by atoms with van der Waals surface area (Å²) in [6.07, 6.45) is 1.53. The van der Waals surface area contributed by atoms with E-state index in [2.05, 4.69) is 28.0 Å². The molecule has 0 fully saturated rings. The van der Waals surface area contributed by atoms with E-state index >= 15 is 0 Å². The van der Waals surface area contributed by atoms with E-state index in [0.29, 0.717) is 18.5 Å². The molecule has 1 aromatic carbocycles. The topological polar surface area (TPSA) is 43.8 Å². The summed E-state index contributed by atoms with van der Waals surface area (Å²) in [7, 11) is 1.91. The fourth-order valence-corrected chi connectivity index (χ4v) is 3.18. The van der Waals surface area contributed by atoms with Gasteiger partial charge < -0.3 is 5.73 Å². The van der Waals surface area contributed by atoms with Crippen LogP contribution < -0.4 is 5.73 Å². The van der Waals surface area contributed by atoms with Crippen LogP contribution in [0.2, 0.25) is 0 Å². The molecule has 1 aromatic heterocycles. The number of halogens is 2. The molecule has 0 aliphatic heterocycles. The quantitative estimate of drug-likeness (QED) is 0.909. The Balaban J connectivity index is 2.32. The van der Waals surface area contributed by atoms with Crippen molar-refractivity contribution < 1.29 is 4.39 Å². The fraction of sp³-hybridized carbons (Fsp3) is 0.400. The highest BCUT2D eigenvalue weighted by molar-refractivity contribution is 9.10. The minimum Gasteiger partial charge on any atom is -0.330 e. The lowest BCUT2D eigenvalue weighted by Gasteiger charge is -2.16. The molecule has 1 heterocycles. The summed E-state index contributed by atoms with van der Waals surface area (Å²) >= 11 is 3.59. The predicted molar refractivity (Wildman–Crippen MR) is 82.2 cm³/mol. The molecule has 3 nitrogen and oxygen atoms in total. The van der Waals surface area contributed by atoms with E-state index < -0.39 is 0 Å². The molecule has 20 heavy (non-hydrogen) atoms. The van der Waals surface area contributed by atoms with Crippen molar-refractivity contribution >= 4 is 15.9 Å². The lowest BCUT2D eigenvalue weighted by atomic mass is 9.93. The van der Waals surface area contributed by atoms with Gasteiger partial charge in [-0.15, -0.1) is 0 Å². The number of aryl methyl sites for hydroxylation is 2. The second-order valence-corrected chi connectivity index (χ2v) is 5.64. The third-order valence-electron chi connectivity index (χ3n) is 3.57. The standard InChI is InChI=1S/C15H19BrFN3/c1-3-13-15(16)14(20(2)19-13)8-10(9-18)11-6-4-5-7-12(11)17/h4-7,10H,3,8-9,18H2,1-2H3. The molecule has 0 aliphatic carbocycles. The van der Waals surface area contributed by atoms with Crippen LogP contribution >= 0.6 is 15.9 Å². The van der Waals surface area contributed by atoms with Crippen molar-refractivity contribution in [3.8, 4) is 0 Å². The first kappa shape index (κ1) is 15.2. The number of hydrogen-bond donors (Lipinski definition) is 1. The zero-order valence-corrected chi connectivity index (χ0v) is 13.3. The summed E-state index contributed by atoms with van der Waals surface area (Å²) in [4.78, 5) is 0. The molecule has 0 aliphatic rings. The van der Waals surface area contributed by atoms with Gasteiger partial charge in [-0.2, -0.15) is 5.10 Å². The molecule has 2 rings (SSSR count). The first-order chi connectivity index (χ1) is 9.58. The Morgan fingerprint density at radius 3 is 2.65 bits per heavy atom. The summed E-state index contributed by atoms with van der Waals surface area (Å²) in [6, 6.07) is 6.82. The van der Waals surface area contributed by atoms with E-state index in [1.54, 1.807) is 12.1 Å². The van der Waals surface area contributed by atoms with E-state index in [-0.39, 0.29) is 11.7 Å². The van der Waals surface area contributed by atoms with Crippen molar-refractivity contribution in [2.24, 2.45) is 12.8 Å². The van der Waals surface area contributed by atoms with Gasteiger partial charge in [0.25, 0.3) is 0 Å². The average Bonchev–Trinajstić information content (AvgIpc) is 2.72. The Morgan fingerprint density at radius 2 is 2.10 bits per heavy atom. The highest BCUT2D eigenvalue weighted by Gasteiger charge is 2.20. The Morgan fingerprint density at radius 1 is 1.40 bits per heavy atom. The minimum atomic E-state index is -0.197. The summed E-state index contributed by atoms with van der Waals surface area (Å²) in [6.45, 7) is 2.47. The number of rotatable bonds is 5. The van der Waals surface area contributed by atoms with Crippen LogP contribution in [0.1, 0.15) is 29.8 Å². The number of benzene rings is 1. The van der Waals surface area contributed by atoms with Gasteiger partial charge in [0.15, 0.2) is 0 Å². The van der Waals surface area contributed by atoms with Crippen molar-refractivity contribution in [3.63, 3.8) is 0 Å². The van der Waals surface area contributed by atoms with E-state index in [0.717, 1.165) is 22.3 Å². The van der Waals surface area contributed by atoms with Gasteiger partial charge in [0.2, 0.25) is 0 Å². The lowest BCUT2D eigenvalue weighted by Crippen LogP contribution is -2.18. The number of aromatic nitrogens is 2. The molecule has 0 spiro atoms. The summed E-state index contributed by atoms with van der Waals surface area (Å²) in [5.41, 5.74) is 8.59. The summed E-state index contributed by atoms with van der Waals surface area (Å²) in [5.74, 6) is -0.246. The highest BCUT2D eigenvalue weighted by Crippen LogP contribution is 2.28. The maximum Gasteiger partial charge on any atom is 0.126 e. The van der Waals surface area contributed by atoms with Gasteiger partial charge in [-0.05, 0) is 46.9 Å². The monoisotopic (exact) mass is 339 g/mol. The van der Waals surface area contributed by atoms with Crippen LogP contribution in [0, 0.1) is 5.82 Å². The van der Waals surface area contributed by atoms with Crippen molar-refractivity contribution in [1.82, 2.24) is 9.78 Å². The van der Waals surface area contributed by atoms with Gasteiger partial charge in [0.05, 0.1) is 15.9 Å². The van der Waals surface area contributed by atoms with Crippen molar-refractivity contribution in [2.45, 2.75) is 25.7 Å². The Bertz CT molecular complexity index is 595. The Hall–Kier alpha value is -1.20. The maximum absolute atomic E-state index is 13.9. The minimum absolute atomic E-state index is 0.0485. The number of hydrogen-bond acceptors (Lipinski definition) is 2. The molecule has 1 unspecified atom stereocenters. The van der Waals surface area contributed by atoms with Gasteiger partial charge in [0, 0.05) is 13.0 Å². The second-order valence-electron chi connectivity index (χ2n) is 4.84. The molecule has 0 saturated heterocycles. The third-order valence-corrected chi connectivity index (χ3v) is 4.49. The zero-order valence-electron chi connectivity index (χ0n) is 11.7. The lowest BCUT2D eigenvalue weighted by molar-refractivity contribution is 0.563. The normalized spacial score (nSPS) is 12.7. The van der Waals surface area contributed by atoms with Crippen LogP contribution in [-0.4, -0.2) is 16.3 Å². The Kier molecular flexibility index (Phi) is 4.94. The zero-order chi connectivity index (χ0) is 14.7. The smallest absolute Gasteiger partial charge is 0.126 e. The van der Waals surface area contributed by atoms with Gasteiger partial charge in [-0.25, -0.2) is 4.39 Å². The highest BCUT2D eigenvalue weighted by atomic mass is 79.9. The summed E-state index contributed by atoms with van der Waals surface area (Å²) in [5, 5.41) is 4.47. The average molecular weight is 340 g/mol. The molecule has 0 bridgehead atoms. The third kappa shape index (κ3) is 2.94. The molecule has 2 N–H and O–H groups in total. The van der Waals surface area contributed by atoms with Gasteiger partial charge >= 0.3 is 0 Å². The van der Waals surface area contributed by atoms with Crippen molar-refractivity contribution in [1.29, 1.82) is 0 Å². The van der Waals surface area contributed by atoms with Gasteiger partial charge in [-0.3, -0.25) is 4.68 Å². The molecular formula is C15H19BrFN3. The Labute approximate surface area is 127 Å². The van der Waals surface area contributed by atoms with Crippen LogP contribution in [0.4, 0.5) is 4.39 Å².